The summed E-state index contributed by atoms with van der Waals surface area (Å²) in [4.78, 5) is 11.3. The Labute approximate surface area is 178 Å². The molecule has 1 aliphatic carbocycles. The van der Waals surface area contributed by atoms with E-state index in [1.807, 2.05) is 21.2 Å². The molecule has 1 heterocycles. The fraction of sp³-hybridized carbons (Fsp3) is 0.294. The number of anilines is 1. The number of hydrogen-bond acceptors (Lipinski definition) is 6. The van der Waals surface area contributed by atoms with Crippen molar-refractivity contribution in [2.45, 2.75) is 37.2 Å². The van der Waals surface area contributed by atoms with Gasteiger partial charge in [0.2, 0.25) is 0 Å². The molecule has 2 aromatic rings. The van der Waals surface area contributed by atoms with Gasteiger partial charge in [0.15, 0.2) is 0 Å². The summed E-state index contributed by atoms with van der Waals surface area (Å²) in [6, 6.07) is 5.33. The molecule has 1 unspecified atom stereocenters. The molecule has 11 heteroatoms. The molecular formula is C17H15FIN3O4S2. The summed E-state index contributed by atoms with van der Waals surface area (Å²) >= 11 is 2.04. The maximum absolute atomic E-state index is 14.1. The molecule has 0 saturated carbocycles. The molecule has 0 aliphatic heterocycles. The number of ether oxygens (including phenoxy) is 1. The Balaban J connectivity index is 1.94. The average molecular weight is 535 g/mol. The number of nitrogens with one attached hydrogen (secondary N) is 1. The zero-order chi connectivity index (χ0) is 20.5. The van der Waals surface area contributed by atoms with Crippen LogP contribution < -0.4 is 4.72 Å². The highest BCUT2D eigenvalue weighted by atomic mass is 127. The second kappa shape index (κ2) is 8.30. The van der Waals surface area contributed by atoms with Crippen LogP contribution in [0.3, 0.4) is 0 Å². The number of carbonyl (C=O) groups excluding carboxylic acids is 1. The van der Waals surface area contributed by atoms with Gasteiger partial charge in [0.05, 0.1) is 17.3 Å². The van der Waals surface area contributed by atoms with Gasteiger partial charge in [-0.25, -0.2) is 12.8 Å². The molecule has 0 radical (unpaired) electrons. The second-order valence-electron chi connectivity index (χ2n) is 6.20. The van der Waals surface area contributed by atoms with Crippen LogP contribution in [0.1, 0.15) is 30.2 Å². The van der Waals surface area contributed by atoms with E-state index in [9.17, 15) is 17.6 Å². The molecule has 0 saturated heterocycles. The minimum Gasteiger partial charge on any atom is -0.462 e. The van der Waals surface area contributed by atoms with Crippen molar-refractivity contribution in [1.82, 2.24) is 3.97 Å². The number of halogens is 2. The third-order valence-corrected chi connectivity index (χ3v) is 7.49. The van der Waals surface area contributed by atoms with Crippen LogP contribution in [0, 0.1) is 17.1 Å². The molecule has 1 aromatic heterocycles. The van der Waals surface area contributed by atoms with Crippen molar-refractivity contribution in [3.8, 4) is 6.07 Å². The van der Waals surface area contributed by atoms with Crippen LogP contribution in [0.2, 0.25) is 0 Å². The first-order valence-electron chi connectivity index (χ1n) is 8.17. The van der Waals surface area contributed by atoms with Gasteiger partial charge in [-0.05, 0) is 36.6 Å². The zero-order valence-electron chi connectivity index (χ0n) is 14.6. The van der Waals surface area contributed by atoms with E-state index in [4.69, 9.17) is 10.00 Å². The lowest BCUT2D eigenvalue weighted by Crippen LogP contribution is -2.26. The second-order valence-corrected chi connectivity index (χ2v) is 9.56. The summed E-state index contributed by atoms with van der Waals surface area (Å²) < 4.78 is 49.2. The Kier molecular flexibility index (Phi) is 6.21. The lowest BCUT2D eigenvalue weighted by molar-refractivity contribution is -0.146. The van der Waals surface area contributed by atoms with E-state index in [1.54, 1.807) is 10.0 Å². The Morgan fingerprint density at radius 1 is 1.50 bits per heavy atom. The first-order chi connectivity index (χ1) is 13.2. The van der Waals surface area contributed by atoms with Crippen LogP contribution in [-0.2, 0) is 32.4 Å². The highest BCUT2D eigenvalue weighted by molar-refractivity contribution is 14.2. The fourth-order valence-electron chi connectivity index (χ4n) is 3.14. The number of hydrogen-bond donors (Lipinski definition) is 1. The van der Waals surface area contributed by atoms with Crippen LogP contribution in [-0.4, -0.2) is 24.5 Å². The number of esters is 1. The summed E-state index contributed by atoms with van der Waals surface area (Å²) in [5.74, 6) is -1.20. The number of benzene rings is 1. The summed E-state index contributed by atoms with van der Waals surface area (Å²) in [5.41, 5.74) is 1.27. The minimum atomic E-state index is -4.04. The van der Waals surface area contributed by atoms with Crippen LogP contribution >= 0.6 is 30.3 Å². The lowest BCUT2D eigenvalue weighted by Gasteiger charge is -2.23. The van der Waals surface area contributed by atoms with Crippen molar-refractivity contribution in [1.29, 1.82) is 5.26 Å². The Hall–Kier alpha value is -1.78. The van der Waals surface area contributed by atoms with Crippen molar-refractivity contribution in [3.05, 3.63) is 47.0 Å². The zero-order valence-corrected chi connectivity index (χ0v) is 18.4. The molecule has 1 N–H and O–H groups in total. The molecule has 7 nitrogen and oxygen atoms in total. The summed E-state index contributed by atoms with van der Waals surface area (Å²) in [6.45, 7) is 1.34. The summed E-state index contributed by atoms with van der Waals surface area (Å²) in [6.07, 6.45) is 2.52. The molecule has 0 amide bonds. The maximum Gasteiger partial charge on any atom is 0.302 e. The summed E-state index contributed by atoms with van der Waals surface area (Å²) in [5, 5.41) is 8.81. The number of nitriles is 1. The van der Waals surface area contributed by atoms with Gasteiger partial charge in [0.25, 0.3) is 10.0 Å². The van der Waals surface area contributed by atoms with E-state index in [2.05, 4.69) is 4.72 Å². The third-order valence-electron chi connectivity index (χ3n) is 4.32. The smallest absolute Gasteiger partial charge is 0.302 e. The van der Waals surface area contributed by atoms with Crippen molar-refractivity contribution >= 4 is 52.0 Å². The Morgan fingerprint density at radius 3 is 2.86 bits per heavy atom. The first kappa shape index (κ1) is 20.9. The summed E-state index contributed by atoms with van der Waals surface area (Å²) in [7, 11) is -2.75. The number of sulfonamides is 1. The van der Waals surface area contributed by atoms with Crippen molar-refractivity contribution in [2.75, 3.05) is 4.72 Å². The molecule has 0 fully saturated rings. The van der Waals surface area contributed by atoms with E-state index in [-0.39, 0.29) is 28.2 Å². The lowest BCUT2D eigenvalue weighted by atomic mass is 9.95. The number of carbonyl (C=O) groups is 1. The number of nitrogens with zero attached hydrogens (tertiary/aromatic N) is 2. The van der Waals surface area contributed by atoms with Crippen LogP contribution in [0.5, 0.6) is 0 Å². The molecule has 1 aromatic carbocycles. The Morgan fingerprint density at radius 2 is 2.25 bits per heavy atom. The van der Waals surface area contributed by atoms with Crippen molar-refractivity contribution < 1.29 is 22.3 Å². The predicted molar refractivity (Wildman–Crippen MR) is 111 cm³/mol. The topological polar surface area (TPSA) is 101 Å². The highest BCUT2D eigenvalue weighted by Gasteiger charge is 2.32. The molecule has 0 bridgehead atoms. The first-order valence-corrected chi connectivity index (χ1v) is 13.0. The SMILES string of the molecule is CC(=O)OC1CCc2c(S(=O)(=O)Nc3ccc(C#N)cc3F)cn(SI)c2C1. The number of aromatic nitrogens is 1. The Bertz CT molecular complexity index is 1080. The molecular weight excluding hydrogens is 520 g/mol. The van der Waals surface area contributed by atoms with Crippen LogP contribution in [0.25, 0.3) is 0 Å². The average Bonchev–Trinajstić information content (AvgIpc) is 3.01. The van der Waals surface area contributed by atoms with Gasteiger partial charge in [-0.3, -0.25) is 13.5 Å². The van der Waals surface area contributed by atoms with E-state index in [0.29, 0.717) is 24.8 Å². The predicted octanol–water partition coefficient (Wildman–Crippen LogP) is 3.57. The van der Waals surface area contributed by atoms with E-state index >= 15 is 0 Å². The van der Waals surface area contributed by atoms with Crippen molar-refractivity contribution in [2.24, 2.45) is 0 Å². The number of rotatable bonds is 5. The van der Waals surface area contributed by atoms with E-state index in [1.165, 1.54) is 34.4 Å². The van der Waals surface area contributed by atoms with Crippen LogP contribution in [0.15, 0.2) is 29.3 Å². The molecule has 3 rings (SSSR count). The van der Waals surface area contributed by atoms with Crippen LogP contribution in [0.4, 0.5) is 10.1 Å². The standard InChI is InChI=1S/C17H15FIN3O4S2/c1-10(23)26-12-3-4-13-16(7-12)22(27-19)9-17(13)28(24,25)21-15-5-2-11(8-20)6-14(15)18/h2,5-6,9,12,21H,3-4,7H2,1H3. The molecule has 28 heavy (non-hydrogen) atoms. The van der Waals surface area contributed by atoms with Gasteiger partial charge in [-0.1, -0.05) is 0 Å². The molecule has 1 atom stereocenters. The monoisotopic (exact) mass is 535 g/mol. The molecule has 148 valence electrons. The largest absolute Gasteiger partial charge is 0.462 e. The van der Waals surface area contributed by atoms with Gasteiger partial charge >= 0.3 is 5.97 Å². The molecule has 0 spiro atoms. The third kappa shape index (κ3) is 4.28. The number of fused-ring (bicyclic) bond motifs is 1. The van der Waals surface area contributed by atoms with Gasteiger partial charge in [-0.2, -0.15) is 5.26 Å². The van der Waals surface area contributed by atoms with E-state index < -0.39 is 15.8 Å². The van der Waals surface area contributed by atoms with Gasteiger partial charge in [0.1, 0.15) is 16.8 Å². The van der Waals surface area contributed by atoms with Gasteiger partial charge < -0.3 is 4.74 Å². The van der Waals surface area contributed by atoms with Crippen molar-refractivity contribution in [3.63, 3.8) is 0 Å². The van der Waals surface area contributed by atoms with Gasteiger partial charge in [0, 0.05) is 55.6 Å². The molecule has 1 aliphatic rings. The highest BCUT2D eigenvalue weighted by Crippen LogP contribution is 2.35. The maximum atomic E-state index is 14.1. The van der Waals surface area contributed by atoms with E-state index in [0.717, 1.165) is 11.8 Å². The minimum absolute atomic E-state index is 0.0664. The fourth-order valence-corrected chi connectivity index (χ4v) is 6.02. The van der Waals surface area contributed by atoms with Gasteiger partial charge in [-0.15, -0.1) is 0 Å². The quantitative estimate of drug-likeness (QED) is 0.464. The normalized spacial score (nSPS) is 16.1.